The Kier molecular flexibility index (Phi) is 5.15. The van der Waals surface area contributed by atoms with E-state index in [-0.39, 0.29) is 6.04 Å². The van der Waals surface area contributed by atoms with Crippen LogP contribution in [0.3, 0.4) is 0 Å². The van der Waals surface area contributed by atoms with E-state index < -0.39 is 9.84 Å². The molecule has 0 saturated heterocycles. The van der Waals surface area contributed by atoms with Crippen LogP contribution in [0.25, 0.3) is 0 Å². The van der Waals surface area contributed by atoms with E-state index in [1.54, 1.807) is 12.1 Å². The molecule has 0 aliphatic heterocycles. The lowest BCUT2D eigenvalue weighted by Gasteiger charge is -2.18. The molecule has 0 aliphatic rings. The smallest absolute Gasteiger partial charge is 0.175 e. The number of hydrogen-bond donors (Lipinski definition) is 1. The lowest BCUT2D eigenvalue weighted by Crippen LogP contribution is -2.20. The van der Waals surface area contributed by atoms with E-state index in [2.05, 4.69) is 19.2 Å². The summed E-state index contributed by atoms with van der Waals surface area (Å²) in [5, 5.41) is 3.38. The molecule has 4 heteroatoms. The average Bonchev–Trinajstić information content (AvgIpc) is 2.28. The lowest BCUT2D eigenvalue weighted by atomic mass is 10.0. The van der Waals surface area contributed by atoms with Crippen molar-refractivity contribution in [2.24, 2.45) is 0 Å². The van der Waals surface area contributed by atoms with E-state index in [1.807, 2.05) is 12.1 Å². The molecule has 1 aromatic rings. The van der Waals surface area contributed by atoms with Crippen LogP contribution < -0.4 is 5.32 Å². The van der Waals surface area contributed by atoms with Crippen LogP contribution in [0.4, 0.5) is 0 Å². The normalized spacial score (nSPS) is 13.6. The van der Waals surface area contributed by atoms with Gasteiger partial charge in [-0.3, -0.25) is 0 Å². The molecule has 0 fully saturated rings. The number of hydrogen-bond acceptors (Lipinski definition) is 3. The fourth-order valence-electron chi connectivity index (χ4n) is 1.88. The highest BCUT2D eigenvalue weighted by Gasteiger charge is 2.12. The van der Waals surface area contributed by atoms with Crippen LogP contribution in [0.1, 0.15) is 38.3 Å². The van der Waals surface area contributed by atoms with E-state index in [0.29, 0.717) is 4.90 Å². The number of sulfone groups is 1. The molecule has 0 bridgehead atoms. The summed E-state index contributed by atoms with van der Waals surface area (Å²) < 4.78 is 23.0. The minimum absolute atomic E-state index is 0.242. The molecule has 1 N–H and O–H groups in total. The minimum Gasteiger partial charge on any atom is -0.310 e. The molecule has 17 heavy (non-hydrogen) atoms. The van der Waals surface area contributed by atoms with Crippen LogP contribution >= 0.6 is 0 Å². The largest absolute Gasteiger partial charge is 0.310 e. The molecule has 0 spiro atoms. The molecular formula is C13H21NO2S. The number of benzene rings is 1. The van der Waals surface area contributed by atoms with Crippen LogP contribution in [-0.2, 0) is 9.84 Å². The van der Waals surface area contributed by atoms with E-state index >= 15 is 0 Å². The second-order valence-corrected chi connectivity index (χ2v) is 6.26. The molecule has 0 heterocycles. The molecule has 0 saturated carbocycles. The molecule has 3 nitrogen and oxygen atoms in total. The molecular weight excluding hydrogens is 234 g/mol. The van der Waals surface area contributed by atoms with Crippen LogP contribution in [-0.4, -0.2) is 21.2 Å². The summed E-state index contributed by atoms with van der Waals surface area (Å²) in [5.41, 5.74) is 1.05. The van der Waals surface area contributed by atoms with Gasteiger partial charge in [0, 0.05) is 12.3 Å². The van der Waals surface area contributed by atoms with Crippen molar-refractivity contribution in [2.75, 3.05) is 12.8 Å². The van der Waals surface area contributed by atoms with Gasteiger partial charge in [-0.1, -0.05) is 32.4 Å². The lowest BCUT2D eigenvalue weighted by molar-refractivity contribution is 0.508. The first-order valence-corrected chi connectivity index (χ1v) is 7.91. The molecule has 0 aromatic heterocycles. The first-order chi connectivity index (χ1) is 7.99. The Labute approximate surface area is 104 Å². The number of rotatable bonds is 6. The topological polar surface area (TPSA) is 46.2 Å². The maximum absolute atomic E-state index is 11.5. The Balaban J connectivity index is 3.04. The van der Waals surface area contributed by atoms with Gasteiger partial charge >= 0.3 is 0 Å². The van der Waals surface area contributed by atoms with Crippen molar-refractivity contribution in [3.63, 3.8) is 0 Å². The summed E-state index contributed by atoms with van der Waals surface area (Å²) in [6.45, 7) is 5.07. The first kappa shape index (κ1) is 14.2. The van der Waals surface area contributed by atoms with Crippen LogP contribution in [0, 0.1) is 0 Å². The van der Waals surface area contributed by atoms with Crippen LogP contribution in [0.15, 0.2) is 29.2 Å². The van der Waals surface area contributed by atoms with Gasteiger partial charge in [-0.05, 0) is 30.7 Å². The highest BCUT2D eigenvalue weighted by molar-refractivity contribution is 7.90. The SMILES string of the molecule is CCCC(NCC)c1cccc(S(C)(=O)=O)c1. The molecule has 1 atom stereocenters. The van der Waals surface area contributed by atoms with E-state index in [0.717, 1.165) is 24.9 Å². The van der Waals surface area contributed by atoms with Gasteiger partial charge < -0.3 is 5.32 Å². The summed E-state index contributed by atoms with van der Waals surface area (Å²) in [6, 6.07) is 7.46. The average molecular weight is 255 g/mol. The Morgan fingerprint density at radius 3 is 2.53 bits per heavy atom. The predicted molar refractivity (Wildman–Crippen MR) is 70.9 cm³/mol. The van der Waals surface area contributed by atoms with Crippen LogP contribution in [0.5, 0.6) is 0 Å². The zero-order chi connectivity index (χ0) is 12.9. The summed E-state index contributed by atoms with van der Waals surface area (Å²) in [7, 11) is -3.12. The Morgan fingerprint density at radius 2 is 2.00 bits per heavy atom. The molecule has 96 valence electrons. The van der Waals surface area contributed by atoms with Crippen molar-refractivity contribution in [1.82, 2.24) is 5.32 Å². The maximum Gasteiger partial charge on any atom is 0.175 e. The van der Waals surface area contributed by atoms with E-state index in [1.165, 1.54) is 6.26 Å². The highest BCUT2D eigenvalue weighted by Crippen LogP contribution is 2.21. The van der Waals surface area contributed by atoms with Crippen LogP contribution in [0.2, 0.25) is 0 Å². The fraction of sp³-hybridized carbons (Fsp3) is 0.538. The van der Waals surface area contributed by atoms with Crippen molar-refractivity contribution in [2.45, 2.75) is 37.6 Å². The second kappa shape index (κ2) is 6.17. The van der Waals surface area contributed by atoms with Crippen molar-refractivity contribution in [1.29, 1.82) is 0 Å². The van der Waals surface area contributed by atoms with Gasteiger partial charge in [0.1, 0.15) is 0 Å². The summed E-state index contributed by atoms with van der Waals surface area (Å²) in [6.07, 6.45) is 3.33. The summed E-state index contributed by atoms with van der Waals surface area (Å²) in [5.74, 6) is 0. The predicted octanol–water partition coefficient (Wildman–Crippen LogP) is 2.54. The van der Waals surface area contributed by atoms with E-state index in [9.17, 15) is 8.42 Å². The standard InChI is InChI=1S/C13H21NO2S/c1-4-7-13(14-5-2)11-8-6-9-12(10-11)17(3,15)16/h6,8-10,13-14H,4-5,7H2,1-3H3. The third-order valence-corrected chi connectivity index (χ3v) is 3.83. The Bertz CT molecular complexity index is 448. The molecule has 1 aromatic carbocycles. The fourth-order valence-corrected chi connectivity index (χ4v) is 2.56. The molecule has 1 unspecified atom stereocenters. The van der Waals surface area contributed by atoms with Gasteiger partial charge in [0.25, 0.3) is 0 Å². The zero-order valence-electron chi connectivity index (χ0n) is 10.7. The maximum atomic E-state index is 11.5. The minimum atomic E-state index is -3.12. The monoisotopic (exact) mass is 255 g/mol. The van der Waals surface area contributed by atoms with Gasteiger partial charge in [-0.15, -0.1) is 0 Å². The second-order valence-electron chi connectivity index (χ2n) is 4.24. The molecule has 0 aliphatic carbocycles. The molecule has 1 rings (SSSR count). The third kappa shape index (κ3) is 4.13. The Hall–Kier alpha value is -0.870. The highest BCUT2D eigenvalue weighted by atomic mass is 32.2. The number of nitrogens with one attached hydrogen (secondary N) is 1. The van der Waals surface area contributed by atoms with Crippen molar-refractivity contribution < 1.29 is 8.42 Å². The van der Waals surface area contributed by atoms with Gasteiger partial charge in [0.15, 0.2) is 9.84 Å². The summed E-state index contributed by atoms with van der Waals surface area (Å²) in [4.78, 5) is 0.397. The van der Waals surface area contributed by atoms with Crippen molar-refractivity contribution in [3.05, 3.63) is 29.8 Å². The van der Waals surface area contributed by atoms with Crippen molar-refractivity contribution >= 4 is 9.84 Å². The zero-order valence-corrected chi connectivity index (χ0v) is 11.5. The van der Waals surface area contributed by atoms with Gasteiger partial charge in [-0.25, -0.2) is 8.42 Å². The third-order valence-electron chi connectivity index (χ3n) is 2.72. The first-order valence-electron chi connectivity index (χ1n) is 6.02. The van der Waals surface area contributed by atoms with Gasteiger partial charge in [-0.2, -0.15) is 0 Å². The van der Waals surface area contributed by atoms with Crippen molar-refractivity contribution in [3.8, 4) is 0 Å². The molecule has 0 amide bonds. The summed E-state index contributed by atoms with van der Waals surface area (Å²) >= 11 is 0. The van der Waals surface area contributed by atoms with Gasteiger partial charge in [0.05, 0.1) is 4.90 Å². The quantitative estimate of drug-likeness (QED) is 0.849. The van der Waals surface area contributed by atoms with E-state index in [4.69, 9.17) is 0 Å². The Morgan fingerprint density at radius 1 is 1.29 bits per heavy atom. The van der Waals surface area contributed by atoms with Gasteiger partial charge in [0.2, 0.25) is 0 Å². The molecule has 0 radical (unpaired) electrons.